The maximum absolute atomic E-state index is 12.4. The van der Waals surface area contributed by atoms with Crippen molar-refractivity contribution in [2.24, 2.45) is 59.9 Å². The van der Waals surface area contributed by atoms with Gasteiger partial charge in [0.15, 0.2) is 0 Å². The fraction of sp³-hybridized carbons (Fsp3) is 0.117. The molecule has 0 aliphatic carbocycles. The van der Waals surface area contributed by atoms with Crippen molar-refractivity contribution in [1.29, 1.82) is 0 Å². The summed E-state index contributed by atoms with van der Waals surface area (Å²) in [6.45, 7) is 7.06. The number of anilines is 5. The number of aliphatic imine (C=N–C) groups is 12. The van der Waals surface area contributed by atoms with Crippen molar-refractivity contribution in [2.75, 3.05) is 40.6 Å². The minimum absolute atomic E-state index is 0.00849. The van der Waals surface area contributed by atoms with Crippen molar-refractivity contribution in [1.82, 2.24) is 9.80 Å². The van der Waals surface area contributed by atoms with Crippen molar-refractivity contribution in [2.45, 2.75) is 46.5 Å². The van der Waals surface area contributed by atoms with E-state index < -0.39 is 0 Å². The first-order valence-corrected chi connectivity index (χ1v) is 33.8. The number of carbonyl (C=O) groups is 2. The molecule has 103 heavy (non-hydrogen) atoms. The number of nitrogen functional groups attached to an aromatic ring is 2. The van der Waals surface area contributed by atoms with Gasteiger partial charge in [0.25, 0.3) is 0 Å². The zero-order valence-electron chi connectivity index (χ0n) is 56.0. The first-order chi connectivity index (χ1) is 50.2. The number of amidine groups is 3. The molecule has 9 aromatic carbocycles. The molecule has 0 saturated carbocycles. The van der Waals surface area contributed by atoms with Crippen LogP contribution in [0.4, 0.5) is 28.4 Å². The summed E-state index contributed by atoms with van der Waals surface area (Å²) in [7, 11) is 0. The first-order valence-electron chi connectivity index (χ1n) is 32.7. The molecular weight excluding hydrogens is 1360 g/mol. The van der Waals surface area contributed by atoms with E-state index >= 15 is 0 Å². The molecule has 0 radical (unpaired) electrons. The zero-order chi connectivity index (χ0) is 71.9. The lowest BCUT2D eigenvalue weighted by atomic mass is 10.1. The highest BCUT2D eigenvalue weighted by Gasteiger charge is 2.36. The number of benzene rings is 9. The summed E-state index contributed by atoms with van der Waals surface area (Å²) in [5.74, 6) is 1.68. The van der Waals surface area contributed by atoms with Gasteiger partial charge in [0, 0.05) is 28.4 Å². The largest absolute Gasteiger partial charge is 0.462 e. The van der Waals surface area contributed by atoms with Crippen LogP contribution in [0.5, 0.6) is 0 Å². The normalized spacial score (nSPS) is 14.0. The first kappa shape index (κ1) is 71.7. The van der Waals surface area contributed by atoms with E-state index in [4.69, 9.17) is 85.7 Å². The van der Waals surface area contributed by atoms with E-state index in [9.17, 15) is 9.59 Å². The van der Waals surface area contributed by atoms with Crippen molar-refractivity contribution in [3.63, 3.8) is 0 Å². The summed E-state index contributed by atoms with van der Waals surface area (Å²) in [6, 6.07) is 78.5. The predicted octanol–water partition coefficient (Wildman–Crippen LogP) is 16.4. The molecule has 6 heterocycles. The van der Waals surface area contributed by atoms with E-state index in [1.54, 1.807) is 53.4 Å². The lowest BCUT2D eigenvalue weighted by Gasteiger charge is -2.30. The zero-order valence-corrected chi connectivity index (χ0v) is 58.3. The van der Waals surface area contributed by atoms with Crippen LogP contribution in [0.2, 0.25) is 0 Å². The molecule has 0 spiro atoms. The molecule has 23 nitrogen and oxygen atoms in total. The van der Waals surface area contributed by atoms with Gasteiger partial charge >= 0.3 is 11.9 Å². The Bertz CT molecular complexity index is 4690. The van der Waals surface area contributed by atoms with Gasteiger partial charge in [-0.25, -0.2) is 19.4 Å². The number of hydrogen-bond donors (Lipinski definition) is 5. The van der Waals surface area contributed by atoms with Crippen LogP contribution in [0, 0.1) is 6.92 Å². The number of nitrogens with one attached hydrogen (secondary N) is 3. The number of nitrogens with two attached hydrogens (primary N) is 2. The molecule has 0 bridgehead atoms. The Labute approximate surface area is 609 Å². The van der Waals surface area contributed by atoms with Crippen molar-refractivity contribution >= 4 is 145 Å². The van der Waals surface area contributed by atoms with Gasteiger partial charge in [-0.3, -0.25) is 0 Å². The minimum atomic E-state index is -0.362. The summed E-state index contributed by atoms with van der Waals surface area (Å²) >= 11 is 17.1. The fourth-order valence-corrected chi connectivity index (χ4v) is 10.2. The summed E-state index contributed by atoms with van der Waals surface area (Å²) < 4.78 is 10.4. The Morgan fingerprint density at radius 2 is 0.602 bits per heavy atom. The van der Waals surface area contributed by atoms with Crippen LogP contribution >= 0.6 is 34.8 Å². The van der Waals surface area contributed by atoms with Crippen LogP contribution < -0.4 is 27.4 Å². The highest BCUT2D eigenvalue weighted by molar-refractivity contribution is 6.71. The second kappa shape index (κ2) is 35.5. The molecule has 0 fully saturated rings. The summed E-state index contributed by atoms with van der Waals surface area (Å²) in [6.07, 6.45) is 3.70. The Morgan fingerprint density at radius 1 is 0.340 bits per heavy atom. The van der Waals surface area contributed by atoms with Crippen LogP contribution in [0.3, 0.4) is 0 Å². The van der Waals surface area contributed by atoms with E-state index in [1.807, 2.05) is 153 Å². The molecule has 26 heteroatoms. The van der Waals surface area contributed by atoms with Crippen LogP contribution in [0.15, 0.2) is 303 Å². The topological polar surface area (TPSA) is 296 Å². The number of halogens is 3. The molecule has 6 aliphatic heterocycles. The molecule has 516 valence electrons. The van der Waals surface area contributed by atoms with Gasteiger partial charge in [-0.15, -0.1) is 0 Å². The van der Waals surface area contributed by atoms with E-state index in [-0.39, 0.29) is 63.6 Å². The van der Waals surface area contributed by atoms with Gasteiger partial charge in [0.2, 0.25) is 69.5 Å². The third kappa shape index (κ3) is 20.3. The van der Waals surface area contributed by atoms with Gasteiger partial charge in [-0.2, -0.15) is 59.9 Å². The molecule has 0 saturated heterocycles. The maximum atomic E-state index is 12.4. The molecular formula is C77H68Cl3N19O4. The number of hydrogen-bond acceptors (Lipinski definition) is 23. The highest BCUT2D eigenvalue weighted by Crippen LogP contribution is 2.27. The average Bonchev–Trinajstić information content (AvgIpc) is 0.764. The fourth-order valence-electron chi connectivity index (χ4n) is 9.74. The van der Waals surface area contributed by atoms with Crippen molar-refractivity contribution in [3.8, 4) is 33.4 Å². The second-order valence-corrected chi connectivity index (χ2v) is 23.7. The molecule has 7 N–H and O–H groups in total. The molecule has 15 rings (SSSR count). The number of rotatable bonds is 14. The summed E-state index contributed by atoms with van der Waals surface area (Å²) in [5, 5.41) is 9.80. The number of ether oxygens (including phenoxy) is 2. The van der Waals surface area contributed by atoms with E-state index in [2.05, 4.69) is 108 Å². The SMILES string of the molecule is CCCCOC(=O)c1ccc(N)cc1.CCCCOC(=O)c1ccc(NC2=NC3=NC(Nc4ccc(-c5ccccc5)cc4)=NC4=NC(Nc5ccc(-c6ccccc6)cc5)=NC(=N2)N34)cc1.Cc1ccccc1.ClC1=NC2=NC(Cl)=NC3=NC(Cl)=NC(=N1)N23.Nc1ccc(-c2ccccc2)cc1. The van der Waals surface area contributed by atoms with Gasteiger partial charge in [-0.05, 0) is 173 Å². The Kier molecular flexibility index (Phi) is 24.7. The van der Waals surface area contributed by atoms with Crippen LogP contribution in [0.25, 0.3) is 33.4 Å². The van der Waals surface area contributed by atoms with Gasteiger partial charge < -0.3 is 36.9 Å². The minimum Gasteiger partial charge on any atom is -0.462 e. The monoisotopic (exact) mass is 1430 g/mol. The van der Waals surface area contributed by atoms with Gasteiger partial charge in [-0.1, -0.05) is 190 Å². The highest BCUT2D eigenvalue weighted by atomic mass is 35.5. The predicted molar refractivity (Wildman–Crippen MR) is 420 cm³/mol. The maximum Gasteiger partial charge on any atom is 0.338 e. The van der Waals surface area contributed by atoms with Crippen molar-refractivity contribution in [3.05, 3.63) is 259 Å². The lowest BCUT2D eigenvalue weighted by molar-refractivity contribution is 0.0490. The number of aryl methyl sites for hydroxylation is 1. The number of esters is 2. The van der Waals surface area contributed by atoms with Crippen LogP contribution in [0.1, 0.15) is 65.8 Å². The third-order valence-electron chi connectivity index (χ3n) is 15.0. The number of nitrogens with zero attached hydrogens (tertiary/aromatic N) is 14. The van der Waals surface area contributed by atoms with Crippen LogP contribution in [-0.2, 0) is 9.47 Å². The average molecular weight is 1430 g/mol. The van der Waals surface area contributed by atoms with E-state index in [1.165, 1.54) is 21.6 Å². The standard InChI is InChI=1S/C41H34N10O2.C12H11N.C11H15NO2.C7H8.C6Cl3N7/c1-2-3-26-53-35(52)31-18-24-34(25-19-31)44-38-49-40-47-36(42-32-20-14-29(15-21-32)27-10-6-4-7-11-27)45-39-46-37(48-41(50-38)51(39)40)43-33-22-16-30(17-23-33)28-12-8-5-9-13-28;13-12-8-6-11(7-9-12)10-4-2-1-3-5-10;1-2-3-8-14-11(13)9-4-6-10(12)7-5-9;1-7-5-3-2-4-6-7;7-1-10-4-12-2(8)14-6-15-3(9)13-5(11-1)16(4)6/h4-25H,2-3,26H2,1H3,(H3,42,43,44,45,46,47,48,49,50);1-9H,13H2;4-7H,2-3,8,12H2,1H3;2-6H,1H3;. The third-order valence-corrected chi connectivity index (χ3v) is 15.5. The smallest absolute Gasteiger partial charge is 0.338 e. The second-order valence-electron chi connectivity index (χ2n) is 22.7. The van der Waals surface area contributed by atoms with Gasteiger partial charge in [0.1, 0.15) is 0 Å². The quantitative estimate of drug-likeness (QED) is 0.0295. The summed E-state index contributed by atoms with van der Waals surface area (Å²) in [5.41, 5.74) is 24.0. The Hall–Kier alpha value is -12.6. The molecule has 6 aliphatic rings. The Morgan fingerprint density at radius 3 is 0.903 bits per heavy atom. The molecule has 0 amide bonds. The molecule has 0 aromatic heterocycles. The van der Waals surface area contributed by atoms with Gasteiger partial charge in [0.05, 0.1) is 24.3 Å². The molecule has 0 atom stereocenters. The van der Waals surface area contributed by atoms with E-state index in [0.29, 0.717) is 53.6 Å². The van der Waals surface area contributed by atoms with E-state index in [0.717, 1.165) is 65.0 Å². The van der Waals surface area contributed by atoms with Crippen LogP contribution in [-0.4, -0.2) is 104 Å². The molecule has 9 aromatic rings. The summed E-state index contributed by atoms with van der Waals surface area (Å²) in [4.78, 5) is 78.3. The number of carbonyl (C=O) groups excluding carboxylic acids is 2. The van der Waals surface area contributed by atoms with Crippen molar-refractivity contribution < 1.29 is 19.1 Å². The number of guanidine groups is 9. The lowest BCUT2D eigenvalue weighted by Crippen LogP contribution is -2.49. The number of unbranched alkanes of at least 4 members (excludes halogenated alkanes) is 2. The molecule has 0 unspecified atom stereocenters. The Balaban J connectivity index is 0.000000169.